The van der Waals surface area contributed by atoms with Gasteiger partial charge in [-0.1, -0.05) is 23.7 Å². The molecule has 1 saturated heterocycles. The number of carbonyl (C=O) groups is 2. The van der Waals surface area contributed by atoms with Crippen molar-refractivity contribution in [3.63, 3.8) is 0 Å². The molecular weight excluding hydrogens is 312 g/mol. The molecule has 1 aliphatic heterocycles. The maximum absolute atomic E-state index is 11.9. The van der Waals surface area contributed by atoms with Gasteiger partial charge in [-0.15, -0.1) is 0 Å². The second-order valence-corrected chi connectivity index (χ2v) is 6.39. The highest BCUT2D eigenvalue weighted by Gasteiger charge is 2.29. The predicted octanol–water partition coefficient (Wildman–Crippen LogP) is 1.46. The number of halogens is 1. The summed E-state index contributed by atoms with van der Waals surface area (Å²) >= 11 is 7.40. The van der Waals surface area contributed by atoms with E-state index in [0.29, 0.717) is 23.9 Å². The molecule has 2 rings (SSSR count). The molecule has 1 amide bonds. The van der Waals surface area contributed by atoms with Crippen molar-refractivity contribution in [1.82, 2.24) is 10.2 Å². The van der Waals surface area contributed by atoms with Crippen molar-refractivity contribution in [2.24, 2.45) is 0 Å². The molecule has 0 radical (unpaired) electrons. The van der Waals surface area contributed by atoms with E-state index in [-0.39, 0.29) is 12.5 Å². The van der Waals surface area contributed by atoms with Crippen LogP contribution in [0.25, 0.3) is 0 Å². The maximum Gasteiger partial charge on any atom is 0.321 e. The Morgan fingerprint density at radius 1 is 1.38 bits per heavy atom. The Labute approximate surface area is 132 Å². The zero-order valence-corrected chi connectivity index (χ0v) is 13.0. The Bertz CT molecular complexity index is 509. The van der Waals surface area contributed by atoms with E-state index < -0.39 is 12.0 Å². The van der Waals surface area contributed by atoms with Gasteiger partial charge in [0.15, 0.2) is 0 Å². The molecule has 0 aromatic heterocycles. The summed E-state index contributed by atoms with van der Waals surface area (Å²) in [6.07, 6.45) is 0. The number of benzene rings is 1. The number of hydrogen-bond donors (Lipinski definition) is 2. The zero-order valence-electron chi connectivity index (χ0n) is 11.4. The minimum atomic E-state index is -0.868. The highest BCUT2D eigenvalue weighted by atomic mass is 35.5. The lowest BCUT2D eigenvalue weighted by Gasteiger charge is -2.31. The van der Waals surface area contributed by atoms with Crippen LogP contribution < -0.4 is 5.32 Å². The van der Waals surface area contributed by atoms with Crippen LogP contribution in [0.5, 0.6) is 0 Å². The van der Waals surface area contributed by atoms with Crippen molar-refractivity contribution in [2.75, 3.05) is 24.6 Å². The third kappa shape index (κ3) is 4.91. The predicted molar refractivity (Wildman–Crippen MR) is 83.6 cm³/mol. The van der Waals surface area contributed by atoms with Crippen LogP contribution in [0.4, 0.5) is 0 Å². The molecule has 1 fully saturated rings. The summed E-state index contributed by atoms with van der Waals surface area (Å²) < 4.78 is 0. The van der Waals surface area contributed by atoms with Crippen LogP contribution in [0.3, 0.4) is 0 Å². The summed E-state index contributed by atoms with van der Waals surface area (Å²) in [6, 6.07) is 6.65. The van der Waals surface area contributed by atoms with Gasteiger partial charge in [-0.25, -0.2) is 0 Å². The molecule has 1 aliphatic rings. The van der Waals surface area contributed by atoms with Crippen LogP contribution >= 0.6 is 23.4 Å². The van der Waals surface area contributed by atoms with Gasteiger partial charge >= 0.3 is 5.97 Å². The Balaban J connectivity index is 1.83. The number of amides is 1. The van der Waals surface area contributed by atoms with Crippen molar-refractivity contribution in [1.29, 1.82) is 0 Å². The van der Waals surface area contributed by atoms with Gasteiger partial charge in [-0.3, -0.25) is 14.5 Å². The van der Waals surface area contributed by atoms with E-state index in [1.165, 1.54) is 0 Å². The smallest absolute Gasteiger partial charge is 0.321 e. The fraction of sp³-hybridized carbons (Fsp3) is 0.429. The summed E-state index contributed by atoms with van der Waals surface area (Å²) in [5.41, 5.74) is 0.955. The molecule has 2 N–H and O–H groups in total. The quantitative estimate of drug-likeness (QED) is 0.856. The lowest BCUT2D eigenvalue weighted by Crippen LogP contribution is -2.50. The average molecular weight is 329 g/mol. The number of nitrogens with zero attached hydrogens (tertiary/aromatic N) is 1. The van der Waals surface area contributed by atoms with Gasteiger partial charge in [-0.2, -0.15) is 11.8 Å². The van der Waals surface area contributed by atoms with Gasteiger partial charge in [0.05, 0.1) is 6.54 Å². The minimum absolute atomic E-state index is 0.116. The Hall–Kier alpha value is -1.24. The fourth-order valence-electron chi connectivity index (χ4n) is 2.10. The molecule has 5 nitrogen and oxygen atoms in total. The van der Waals surface area contributed by atoms with Crippen LogP contribution in [0.15, 0.2) is 24.3 Å². The van der Waals surface area contributed by atoms with E-state index >= 15 is 0 Å². The standard InChI is InChI=1S/C14H17ClN2O3S/c15-11-3-1-10(2-4-11)7-16-13(18)8-17-5-6-21-9-12(17)14(19)20/h1-4,12H,5-9H2,(H,16,18)(H,19,20). The summed E-state index contributed by atoms with van der Waals surface area (Å²) in [4.78, 5) is 24.8. The molecular formula is C14H17ClN2O3S. The first-order chi connectivity index (χ1) is 10.1. The fourth-order valence-corrected chi connectivity index (χ4v) is 3.33. The third-order valence-electron chi connectivity index (χ3n) is 3.27. The molecule has 0 aliphatic carbocycles. The number of thioether (sulfide) groups is 1. The largest absolute Gasteiger partial charge is 0.480 e. The first-order valence-corrected chi connectivity index (χ1v) is 8.15. The summed E-state index contributed by atoms with van der Waals surface area (Å²) in [6.45, 7) is 1.15. The van der Waals surface area contributed by atoms with Crippen molar-refractivity contribution >= 4 is 35.2 Å². The van der Waals surface area contributed by atoms with E-state index in [1.807, 2.05) is 12.1 Å². The molecule has 1 aromatic carbocycles. The molecule has 0 bridgehead atoms. The molecule has 1 aromatic rings. The van der Waals surface area contributed by atoms with Gasteiger partial charge in [0, 0.05) is 29.6 Å². The number of rotatable bonds is 5. The van der Waals surface area contributed by atoms with Crippen LogP contribution in [-0.4, -0.2) is 52.5 Å². The molecule has 21 heavy (non-hydrogen) atoms. The Kier molecular flexibility index (Phi) is 5.90. The Morgan fingerprint density at radius 2 is 2.10 bits per heavy atom. The first kappa shape index (κ1) is 16.1. The topological polar surface area (TPSA) is 69.6 Å². The monoisotopic (exact) mass is 328 g/mol. The van der Waals surface area contributed by atoms with Gasteiger partial charge in [0.2, 0.25) is 5.91 Å². The summed E-state index contributed by atoms with van der Waals surface area (Å²) in [7, 11) is 0. The molecule has 1 atom stereocenters. The minimum Gasteiger partial charge on any atom is -0.480 e. The zero-order chi connectivity index (χ0) is 15.2. The van der Waals surface area contributed by atoms with E-state index in [9.17, 15) is 9.59 Å². The number of carboxylic acids is 1. The van der Waals surface area contributed by atoms with Crippen molar-refractivity contribution in [3.05, 3.63) is 34.9 Å². The molecule has 1 heterocycles. The second-order valence-electron chi connectivity index (χ2n) is 4.80. The van der Waals surface area contributed by atoms with Crippen molar-refractivity contribution in [2.45, 2.75) is 12.6 Å². The van der Waals surface area contributed by atoms with Gasteiger partial charge in [-0.05, 0) is 17.7 Å². The average Bonchev–Trinajstić information content (AvgIpc) is 2.47. The Morgan fingerprint density at radius 3 is 2.76 bits per heavy atom. The number of carbonyl (C=O) groups excluding carboxylic acids is 1. The molecule has 114 valence electrons. The SMILES string of the molecule is O=C(CN1CCSCC1C(=O)O)NCc1ccc(Cl)cc1. The summed E-state index contributed by atoms with van der Waals surface area (Å²) in [5.74, 6) is 0.351. The number of nitrogens with one attached hydrogen (secondary N) is 1. The molecule has 0 saturated carbocycles. The van der Waals surface area contributed by atoms with Crippen molar-refractivity contribution < 1.29 is 14.7 Å². The van der Waals surface area contributed by atoms with Gasteiger partial charge in [0.1, 0.15) is 6.04 Å². The number of carboxylic acid groups (broad SMARTS) is 1. The van der Waals surface area contributed by atoms with Gasteiger partial charge < -0.3 is 10.4 Å². The van der Waals surface area contributed by atoms with Crippen LogP contribution in [0.2, 0.25) is 5.02 Å². The van der Waals surface area contributed by atoms with E-state index in [1.54, 1.807) is 28.8 Å². The van der Waals surface area contributed by atoms with Crippen molar-refractivity contribution in [3.8, 4) is 0 Å². The first-order valence-electron chi connectivity index (χ1n) is 6.62. The summed E-state index contributed by atoms with van der Waals surface area (Å²) in [5, 5.41) is 12.6. The molecule has 0 spiro atoms. The maximum atomic E-state index is 11.9. The highest BCUT2D eigenvalue weighted by molar-refractivity contribution is 7.99. The molecule has 7 heteroatoms. The second kappa shape index (κ2) is 7.68. The van der Waals surface area contributed by atoms with Crippen LogP contribution in [-0.2, 0) is 16.1 Å². The third-order valence-corrected chi connectivity index (χ3v) is 4.55. The van der Waals surface area contributed by atoms with E-state index in [4.69, 9.17) is 16.7 Å². The van der Waals surface area contributed by atoms with Crippen LogP contribution in [0, 0.1) is 0 Å². The molecule has 1 unspecified atom stereocenters. The van der Waals surface area contributed by atoms with Gasteiger partial charge in [0.25, 0.3) is 0 Å². The lowest BCUT2D eigenvalue weighted by atomic mass is 10.2. The van der Waals surface area contributed by atoms with Crippen LogP contribution in [0.1, 0.15) is 5.56 Å². The number of aliphatic carboxylic acids is 1. The van der Waals surface area contributed by atoms with E-state index in [2.05, 4.69) is 5.32 Å². The van der Waals surface area contributed by atoms with E-state index in [0.717, 1.165) is 11.3 Å². The number of hydrogen-bond acceptors (Lipinski definition) is 4. The highest BCUT2D eigenvalue weighted by Crippen LogP contribution is 2.16. The normalized spacial score (nSPS) is 19.2. The lowest BCUT2D eigenvalue weighted by molar-refractivity contribution is -0.143.